The smallest absolute Gasteiger partial charge is 0.407 e. The molecule has 0 spiro atoms. The Kier molecular flexibility index (Phi) is 9.00. The van der Waals surface area contributed by atoms with E-state index >= 15 is 0 Å². The Labute approximate surface area is 252 Å². The topological polar surface area (TPSA) is 83.1 Å². The fourth-order valence-corrected chi connectivity index (χ4v) is 5.24. The van der Waals surface area contributed by atoms with E-state index < -0.39 is 18.1 Å². The molecule has 222 valence electrons. The molecule has 1 N–H and O–H groups in total. The molecule has 0 aromatic heterocycles. The van der Waals surface area contributed by atoms with Crippen LogP contribution in [0.25, 0.3) is 11.1 Å². The number of carbonyl (C=O) groups excluding carboxylic acids is 2. The standard InChI is InChI=1S/C36H37NO6/c1-36(2,3)43-27-19-13-24(14-20-27)21-33(34(38)41-22-25-15-17-26(40-4)18-16-25)37-35(39)42-23-32-30-11-7-5-9-28(30)29-10-6-8-12-31(29)32/h5-20,32-33H,21-23H2,1-4H3,(H,37,39)/t33-/m0/s1. The molecule has 0 heterocycles. The van der Waals surface area contributed by atoms with Crippen molar-refractivity contribution >= 4 is 12.1 Å². The Morgan fingerprint density at radius 3 is 1.88 bits per heavy atom. The first kappa shape index (κ1) is 29.7. The van der Waals surface area contributed by atoms with Crippen LogP contribution in [0.2, 0.25) is 0 Å². The first-order chi connectivity index (χ1) is 20.7. The van der Waals surface area contributed by atoms with E-state index in [1.807, 2.05) is 81.4 Å². The van der Waals surface area contributed by atoms with Gasteiger partial charge in [0.15, 0.2) is 0 Å². The summed E-state index contributed by atoms with van der Waals surface area (Å²) in [5, 5.41) is 2.76. The van der Waals surface area contributed by atoms with Crippen LogP contribution in [0.3, 0.4) is 0 Å². The summed E-state index contributed by atoms with van der Waals surface area (Å²) >= 11 is 0. The van der Waals surface area contributed by atoms with Gasteiger partial charge in [-0.1, -0.05) is 72.8 Å². The second kappa shape index (κ2) is 13.0. The molecule has 4 aromatic rings. The molecule has 4 aromatic carbocycles. The molecule has 0 fully saturated rings. The largest absolute Gasteiger partial charge is 0.497 e. The zero-order valence-electron chi connectivity index (χ0n) is 25.0. The summed E-state index contributed by atoms with van der Waals surface area (Å²) in [4.78, 5) is 26.4. The summed E-state index contributed by atoms with van der Waals surface area (Å²) in [5.74, 6) is 0.788. The highest BCUT2D eigenvalue weighted by molar-refractivity contribution is 5.82. The molecule has 0 unspecified atom stereocenters. The number of alkyl carbamates (subject to hydrolysis) is 1. The summed E-state index contributed by atoms with van der Waals surface area (Å²) in [7, 11) is 1.59. The Morgan fingerprint density at radius 1 is 0.744 bits per heavy atom. The van der Waals surface area contributed by atoms with Gasteiger partial charge in [0, 0.05) is 12.3 Å². The minimum Gasteiger partial charge on any atom is -0.497 e. The van der Waals surface area contributed by atoms with Crippen LogP contribution in [0.15, 0.2) is 97.1 Å². The number of fused-ring (bicyclic) bond motifs is 3. The first-order valence-electron chi connectivity index (χ1n) is 14.4. The van der Waals surface area contributed by atoms with Crippen molar-refractivity contribution in [2.45, 2.75) is 51.4 Å². The molecule has 5 rings (SSSR count). The summed E-state index contributed by atoms with van der Waals surface area (Å²) in [6, 6.07) is 30.1. The molecule has 1 aliphatic carbocycles. The normalized spacial score (nSPS) is 12.9. The molecule has 43 heavy (non-hydrogen) atoms. The van der Waals surface area contributed by atoms with Crippen molar-refractivity contribution in [3.8, 4) is 22.6 Å². The van der Waals surface area contributed by atoms with Crippen molar-refractivity contribution in [3.63, 3.8) is 0 Å². The molecular weight excluding hydrogens is 542 g/mol. The van der Waals surface area contributed by atoms with Gasteiger partial charge in [-0.15, -0.1) is 0 Å². The molecule has 0 aliphatic heterocycles. The molecule has 7 heteroatoms. The van der Waals surface area contributed by atoms with E-state index in [1.54, 1.807) is 19.2 Å². The van der Waals surface area contributed by atoms with Gasteiger partial charge in [-0.2, -0.15) is 0 Å². The van der Waals surface area contributed by atoms with Crippen LogP contribution in [0.5, 0.6) is 11.5 Å². The van der Waals surface area contributed by atoms with Gasteiger partial charge in [0.25, 0.3) is 0 Å². The number of carbonyl (C=O) groups is 2. The quantitative estimate of drug-likeness (QED) is 0.203. The molecule has 1 atom stereocenters. The lowest BCUT2D eigenvalue weighted by atomic mass is 9.98. The zero-order valence-corrected chi connectivity index (χ0v) is 25.0. The number of rotatable bonds is 10. The summed E-state index contributed by atoms with van der Waals surface area (Å²) in [6.45, 7) is 6.15. The number of hydrogen-bond donors (Lipinski definition) is 1. The van der Waals surface area contributed by atoms with Crippen molar-refractivity contribution < 1.29 is 28.5 Å². The number of benzene rings is 4. The average Bonchev–Trinajstić information content (AvgIpc) is 3.32. The van der Waals surface area contributed by atoms with E-state index in [0.29, 0.717) is 5.75 Å². The molecule has 1 aliphatic rings. The third-order valence-electron chi connectivity index (χ3n) is 7.25. The number of esters is 1. The van der Waals surface area contributed by atoms with Crippen LogP contribution >= 0.6 is 0 Å². The Balaban J connectivity index is 1.27. The van der Waals surface area contributed by atoms with Crippen LogP contribution in [0.1, 0.15) is 48.9 Å². The predicted molar refractivity (Wildman–Crippen MR) is 165 cm³/mol. The van der Waals surface area contributed by atoms with E-state index in [4.69, 9.17) is 18.9 Å². The molecule has 0 saturated heterocycles. The van der Waals surface area contributed by atoms with Crippen LogP contribution < -0.4 is 14.8 Å². The van der Waals surface area contributed by atoms with Crippen molar-refractivity contribution in [2.24, 2.45) is 0 Å². The van der Waals surface area contributed by atoms with E-state index in [0.717, 1.165) is 39.1 Å². The Morgan fingerprint density at radius 2 is 1.30 bits per heavy atom. The lowest BCUT2D eigenvalue weighted by Gasteiger charge is -2.22. The van der Waals surface area contributed by atoms with Gasteiger partial charge >= 0.3 is 12.1 Å². The van der Waals surface area contributed by atoms with Crippen LogP contribution in [-0.2, 0) is 27.3 Å². The number of hydrogen-bond acceptors (Lipinski definition) is 6. The van der Waals surface area contributed by atoms with Gasteiger partial charge in [0.1, 0.15) is 36.4 Å². The van der Waals surface area contributed by atoms with Gasteiger partial charge in [-0.05, 0) is 78.4 Å². The fraction of sp³-hybridized carbons (Fsp3) is 0.278. The molecule has 0 radical (unpaired) electrons. The second-order valence-electron chi connectivity index (χ2n) is 11.5. The lowest BCUT2D eigenvalue weighted by molar-refractivity contribution is -0.147. The van der Waals surface area contributed by atoms with Gasteiger partial charge < -0.3 is 24.3 Å². The maximum Gasteiger partial charge on any atom is 0.407 e. The molecule has 1 amide bonds. The maximum atomic E-state index is 13.3. The number of nitrogens with one attached hydrogen (secondary N) is 1. The monoisotopic (exact) mass is 579 g/mol. The van der Waals surface area contributed by atoms with Crippen molar-refractivity contribution in [2.75, 3.05) is 13.7 Å². The third-order valence-corrected chi connectivity index (χ3v) is 7.25. The predicted octanol–water partition coefficient (Wildman–Crippen LogP) is 7.07. The Bertz CT molecular complexity index is 1510. The van der Waals surface area contributed by atoms with Crippen LogP contribution in [-0.4, -0.2) is 37.4 Å². The summed E-state index contributed by atoms with van der Waals surface area (Å²) in [5.41, 5.74) is 5.83. The lowest BCUT2D eigenvalue weighted by Crippen LogP contribution is -2.43. The highest BCUT2D eigenvalue weighted by Crippen LogP contribution is 2.44. The van der Waals surface area contributed by atoms with E-state index in [1.165, 1.54) is 0 Å². The van der Waals surface area contributed by atoms with Crippen molar-refractivity contribution in [1.82, 2.24) is 5.32 Å². The van der Waals surface area contributed by atoms with Gasteiger partial charge in [0.2, 0.25) is 0 Å². The minimum absolute atomic E-state index is 0.0596. The molecule has 0 bridgehead atoms. The van der Waals surface area contributed by atoms with E-state index in [9.17, 15) is 9.59 Å². The van der Waals surface area contributed by atoms with Gasteiger partial charge in [-0.3, -0.25) is 0 Å². The molecule has 7 nitrogen and oxygen atoms in total. The zero-order chi connectivity index (χ0) is 30.4. The molecular formula is C36H37NO6. The second-order valence-corrected chi connectivity index (χ2v) is 11.5. The summed E-state index contributed by atoms with van der Waals surface area (Å²) < 4.78 is 22.5. The van der Waals surface area contributed by atoms with E-state index in [-0.39, 0.29) is 31.2 Å². The first-order valence-corrected chi connectivity index (χ1v) is 14.4. The number of ether oxygens (including phenoxy) is 4. The highest BCUT2D eigenvalue weighted by atomic mass is 16.6. The number of methoxy groups -OCH3 is 1. The van der Waals surface area contributed by atoms with Crippen molar-refractivity contribution in [3.05, 3.63) is 119 Å². The maximum absolute atomic E-state index is 13.3. The van der Waals surface area contributed by atoms with Crippen LogP contribution in [0.4, 0.5) is 4.79 Å². The minimum atomic E-state index is -0.955. The number of amides is 1. The average molecular weight is 580 g/mol. The summed E-state index contributed by atoms with van der Waals surface area (Å²) in [6.07, 6.45) is -0.456. The van der Waals surface area contributed by atoms with E-state index in [2.05, 4.69) is 29.6 Å². The van der Waals surface area contributed by atoms with Gasteiger partial charge in [-0.25, -0.2) is 9.59 Å². The third kappa shape index (κ3) is 7.55. The SMILES string of the molecule is COc1ccc(COC(=O)[C@H](Cc2ccc(OC(C)(C)C)cc2)NC(=O)OCC2c3ccccc3-c3ccccc32)cc1. The van der Waals surface area contributed by atoms with Gasteiger partial charge in [0.05, 0.1) is 7.11 Å². The fourth-order valence-electron chi connectivity index (χ4n) is 5.24. The van der Waals surface area contributed by atoms with Crippen molar-refractivity contribution in [1.29, 1.82) is 0 Å². The Hall–Kier alpha value is -4.78. The molecule has 0 saturated carbocycles. The highest BCUT2D eigenvalue weighted by Gasteiger charge is 2.30. The van der Waals surface area contributed by atoms with Crippen LogP contribution in [0, 0.1) is 0 Å².